The third-order valence-corrected chi connectivity index (χ3v) is 6.71. The largest absolute Gasteiger partial charge is 0.414 e. The molecule has 4 rings (SSSR count). The molecule has 2 atom stereocenters. The van der Waals surface area contributed by atoms with Crippen LogP contribution in [0, 0.1) is 11.8 Å². The van der Waals surface area contributed by atoms with E-state index in [1.54, 1.807) is 15.9 Å². The van der Waals surface area contributed by atoms with Crippen LogP contribution < -0.4 is 0 Å². The van der Waals surface area contributed by atoms with Crippen LogP contribution in [0.1, 0.15) is 36.0 Å². The van der Waals surface area contributed by atoms with Crippen LogP contribution in [0.25, 0.3) is 10.8 Å². The van der Waals surface area contributed by atoms with Gasteiger partial charge in [-0.1, -0.05) is 36.4 Å². The molecule has 0 unspecified atom stereocenters. The number of aliphatic hydroxyl groups excluding tert-OH is 1. The Kier molecular flexibility index (Phi) is 6.42. The lowest BCUT2D eigenvalue weighted by atomic mass is 9.89. The van der Waals surface area contributed by atoms with Crippen LogP contribution >= 0.6 is 0 Å². The summed E-state index contributed by atoms with van der Waals surface area (Å²) in [6.07, 6.45) is -5.37. The Balaban J connectivity index is 1.40. The third-order valence-electron chi connectivity index (χ3n) is 6.71. The Morgan fingerprint density at radius 3 is 2.34 bits per heavy atom. The molecule has 0 bridgehead atoms. The van der Waals surface area contributed by atoms with Gasteiger partial charge >= 0.3 is 6.18 Å². The molecule has 2 fully saturated rings. The van der Waals surface area contributed by atoms with E-state index in [0.717, 1.165) is 10.8 Å². The van der Waals surface area contributed by atoms with Crippen LogP contribution in [0.15, 0.2) is 42.5 Å². The Hall–Kier alpha value is -2.61. The lowest BCUT2D eigenvalue weighted by molar-refractivity contribution is -0.223. The Morgan fingerprint density at radius 2 is 1.62 bits per heavy atom. The minimum atomic E-state index is -4.64. The van der Waals surface area contributed by atoms with E-state index in [0.29, 0.717) is 31.5 Å². The van der Waals surface area contributed by atoms with E-state index in [1.165, 1.54) is 0 Å². The van der Waals surface area contributed by atoms with Crippen LogP contribution in [0.2, 0.25) is 0 Å². The Bertz CT molecular complexity index is 981. The fraction of sp³-hybridized carbons (Fsp3) is 0.500. The number of hydrogen-bond acceptors (Lipinski definition) is 3. The van der Waals surface area contributed by atoms with Gasteiger partial charge in [-0.2, -0.15) is 13.2 Å². The van der Waals surface area contributed by atoms with Gasteiger partial charge in [0.25, 0.3) is 5.91 Å². The predicted octanol–water partition coefficient (Wildman–Crippen LogP) is 3.85. The average Bonchev–Trinajstić information content (AvgIpc) is 2.82. The molecule has 2 aliphatic rings. The molecule has 32 heavy (non-hydrogen) atoms. The van der Waals surface area contributed by atoms with E-state index in [-0.39, 0.29) is 43.7 Å². The number of rotatable bonds is 3. The SMILES string of the molecule is O=C(c1cccc2ccccc12)N1CCC[C@H](C(=O)N2CCC([C@@H](O)C(F)(F)F)CC2)C1. The van der Waals surface area contributed by atoms with Crippen LogP contribution in [0.3, 0.4) is 0 Å². The van der Waals surface area contributed by atoms with E-state index >= 15 is 0 Å². The molecule has 2 amide bonds. The normalized spacial score (nSPS) is 21.6. The number of piperidine rings is 2. The summed E-state index contributed by atoms with van der Waals surface area (Å²) in [5.74, 6) is -1.45. The van der Waals surface area contributed by atoms with Crippen molar-refractivity contribution >= 4 is 22.6 Å². The number of hydrogen-bond donors (Lipinski definition) is 1. The maximum absolute atomic E-state index is 13.2. The number of aliphatic hydroxyl groups is 1. The average molecular weight is 448 g/mol. The minimum Gasteiger partial charge on any atom is -0.383 e. The number of likely N-dealkylation sites (tertiary alicyclic amines) is 2. The standard InChI is InChI=1S/C24H27F3N2O3/c25-24(26,27)21(30)17-10-13-28(14-11-17)22(31)18-7-4-12-29(15-18)23(32)20-9-3-6-16-5-1-2-8-19(16)20/h1-3,5-6,8-9,17-18,21,30H,4,7,10-15H2/t18-,21+/m0/s1. The van der Waals surface area contributed by atoms with E-state index < -0.39 is 18.2 Å². The number of carbonyl (C=O) groups is 2. The highest BCUT2D eigenvalue weighted by Crippen LogP contribution is 2.32. The van der Waals surface area contributed by atoms with E-state index in [1.807, 2.05) is 36.4 Å². The molecule has 1 N–H and O–H groups in total. The molecule has 2 aromatic rings. The van der Waals surface area contributed by atoms with E-state index in [9.17, 15) is 27.9 Å². The maximum Gasteiger partial charge on any atom is 0.414 e. The summed E-state index contributed by atoms with van der Waals surface area (Å²) in [5.41, 5.74) is 0.609. The second kappa shape index (κ2) is 9.10. The van der Waals surface area contributed by atoms with Crippen molar-refractivity contribution in [2.45, 2.75) is 38.0 Å². The van der Waals surface area contributed by atoms with Gasteiger partial charge in [0.05, 0.1) is 5.92 Å². The zero-order valence-corrected chi connectivity index (χ0v) is 17.7. The molecular formula is C24H27F3N2O3. The van der Waals surface area contributed by atoms with Gasteiger partial charge in [-0.25, -0.2) is 0 Å². The summed E-state index contributed by atoms with van der Waals surface area (Å²) in [6.45, 7) is 1.28. The van der Waals surface area contributed by atoms with Crippen molar-refractivity contribution in [1.29, 1.82) is 0 Å². The summed E-state index contributed by atoms with van der Waals surface area (Å²) < 4.78 is 38.3. The van der Waals surface area contributed by atoms with E-state index in [2.05, 4.69) is 0 Å². The summed E-state index contributed by atoms with van der Waals surface area (Å²) in [4.78, 5) is 29.6. The smallest absolute Gasteiger partial charge is 0.383 e. The lowest BCUT2D eigenvalue weighted by Gasteiger charge is -2.39. The molecule has 0 radical (unpaired) electrons. The minimum absolute atomic E-state index is 0.105. The van der Waals surface area contributed by atoms with Crippen molar-refractivity contribution in [1.82, 2.24) is 9.80 Å². The summed E-state index contributed by atoms with van der Waals surface area (Å²) in [6, 6.07) is 13.3. The number of fused-ring (bicyclic) bond motifs is 1. The van der Waals surface area contributed by atoms with E-state index in [4.69, 9.17) is 0 Å². The summed E-state index contributed by atoms with van der Waals surface area (Å²) in [5, 5.41) is 11.3. The highest BCUT2D eigenvalue weighted by atomic mass is 19.4. The molecule has 2 saturated heterocycles. The molecule has 8 heteroatoms. The molecule has 2 aliphatic heterocycles. The molecule has 5 nitrogen and oxygen atoms in total. The number of amides is 2. The van der Waals surface area contributed by atoms with Crippen molar-refractivity contribution in [2.75, 3.05) is 26.2 Å². The first-order valence-corrected chi connectivity index (χ1v) is 11.1. The maximum atomic E-state index is 13.2. The lowest BCUT2D eigenvalue weighted by Crippen LogP contribution is -2.50. The van der Waals surface area contributed by atoms with Crippen LogP contribution in [-0.4, -0.2) is 65.2 Å². The summed E-state index contributed by atoms with van der Waals surface area (Å²) >= 11 is 0. The van der Waals surface area contributed by atoms with Crippen molar-refractivity contribution in [3.05, 3.63) is 48.0 Å². The topological polar surface area (TPSA) is 60.9 Å². The second-order valence-corrected chi connectivity index (χ2v) is 8.77. The third kappa shape index (κ3) is 4.60. The molecular weight excluding hydrogens is 421 g/mol. The van der Waals surface area contributed by atoms with Crippen LogP contribution in [-0.2, 0) is 4.79 Å². The highest BCUT2D eigenvalue weighted by molar-refractivity contribution is 6.07. The Morgan fingerprint density at radius 1 is 0.938 bits per heavy atom. The van der Waals surface area contributed by atoms with Crippen molar-refractivity contribution in [3.63, 3.8) is 0 Å². The first kappa shape index (κ1) is 22.6. The molecule has 2 aromatic carbocycles. The van der Waals surface area contributed by atoms with Crippen LogP contribution in [0.5, 0.6) is 0 Å². The highest BCUT2D eigenvalue weighted by Gasteiger charge is 2.45. The predicted molar refractivity (Wildman–Crippen MR) is 114 cm³/mol. The van der Waals surface area contributed by atoms with Gasteiger partial charge in [0.2, 0.25) is 5.91 Å². The van der Waals surface area contributed by atoms with Gasteiger partial charge in [-0.15, -0.1) is 0 Å². The number of nitrogens with zero attached hydrogens (tertiary/aromatic N) is 2. The molecule has 0 spiro atoms. The number of carbonyl (C=O) groups excluding carboxylic acids is 2. The van der Waals surface area contributed by atoms with Crippen molar-refractivity contribution < 1.29 is 27.9 Å². The van der Waals surface area contributed by atoms with Crippen molar-refractivity contribution in [3.8, 4) is 0 Å². The van der Waals surface area contributed by atoms with Gasteiger partial charge in [0.1, 0.15) is 0 Å². The summed E-state index contributed by atoms with van der Waals surface area (Å²) in [7, 11) is 0. The quantitative estimate of drug-likeness (QED) is 0.776. The van der Waals surface area contributed by atoms with Crippen molar-refractivity contribution in [2.24, 2.45) is 11.8 Å². The number of alkyl halides is 3. The molecule has 0 aliphatic carbocycles. The molecule has 0 aromatic heterocycles. The van der Waals surface area contributed by atoms with Gasteiger partial charge in [-0.3, -0.25) is 9.59 Å². The zero-order valence-electron chi connectivity index (χ0n) is 17.7. The van der Waals surface area contributed by atoms with Crippen LogP contribution in [0.4, 0.5) is 13.2 Å². The first-order valence-electron chi connectivity index (χ1n) is 11.1. The van der Waals surface area contributed by atoms with Gasteiger partial charge in [-0.05, 0) is 48.4 Å². The van der Waals surface area contributed by atoms with Gasteiger partial charge in [0, 0.05) is 31.7 Å². The fourth-order valence-electron chi connectivity index (χ4n) is 4.91. The number of halogens is 3. The van der Waals surface area contributed by atoms with Gasteiger partial charge in [0.15, 0.2) is 6.10 Å². The molecule has 0 saturated carbocycles. The first-order chi connectivity index (χ1) is 15.3. The fourth-order valence-corrected chi connectivity index (χ4v) is 4.91. The Labute approximate surface area is 184 Å². The number of benzene rings is 2. The molecule has 172 valence electrons. The monoisotopic (exact) mass is 448 g/mol. The second-order valence-electron chi connectivity index (χ2n) is 8.77. The zero-order chi connectivity index (χ0) is 22.9. The molecule has 2 heterocycles. The van der Waals surface area contributed by atoms with Gasteiger partial charge < -0.3 is 14.9 Å².